The van der Waals surface area contributed by atoms with Gasteiger partial charge in [0.1, 0.15) is 0 Å². The lowest BCUT2D eigenvalue weighted by molar-refractivity contribution is 0.652. The zero-order valence-electron chi connectivity index (χ0n) is 12.1. The molecular weight excluding hydrogens is 286 g/mol. The first-order chi connectivity index (χ1) is 11.4. The summed E-state index contributed by atoms with van der Waals surface area (Å²) in [6, 6.07) is 16.2. The highest BCUT2D eigenvalue weighted by Gasteiger charge is 2.10. The second kappa shape index (κ2) is 4.61. The summed E-state index contributed by atoms with van der Waals surface area (Å²) < 4.78 is 5.80. The molecule has 0 bridgehead atoms. The summed E-state index contributed by atoms with van der Waals surface area (Å²) in [5.74, 6) is 0. The zero-order chi connectivity index (χ0) is 15.2. The van der Waals surface area contributed by atoms with Crippen LogP contribution in [0.25, 0.3) is 44.2 Å². The summed E-state index contributed by atoms with van der Waals surface area (Å²) in [4.78, 5) is 13.2. The Labute approximate surface area is 131 Å². The number of fused-ring (bicyclic) bond motifs is 4. The molecule has 0 aliphatic rings. The van der Waals surface area contributed by atoms with Crippen LogP contribution in [0.2, 0.25) is 0 Å². The molecule has 0 saturated heterocycles. The maximum absolute atomic E-state index is 5.80. The molecule has 1 aromatic carbocycles. The number of hydrogen-bond acceptors (Lipinski definition) is 4. The average Bonchev–Trinajstić information content (AvgIpc) is 2.99. The first-order valence-corrected chi connectivity index (χ1v) is 7.37. The van der Waals surface area contributed by atoms with Crippen LogP contribution in [0.15, 0.2) is 71.5 Å². The molecule has 4 nitrogen and oxygen atoms in total. The smallest absolute Gasteiger partial charge is 0.228 e. The van der Waals surface area contributed by atoms with Gasteiger partial charge in [0.15, 0.2) is 5.58 Å². The van der Waals surface area contributed by atoms with Crippen LogP contribution in [0.4, 0.5) is 0 Å². The van der Waals surface area contributed by atoms with Gasteiger partial charge in [-0.25, -0.2) is 4.98 Å². The van der Waals surface area contributed by atoms with Gasteiger partial charge in [-0.3, -0.25) is 9.97 Å². The quantitative estimate of drug-likeness (QED) is 0.454. The normalized spacial score (nSPS) is 11.5. The summed E-state index contributed by atoms with van der Waals surface area (Å²) in [6.07, 6.45) is 5.35. The highest BCUT2D eigenvalue weighted by atomic mass is 16.3. The van der Waals surface area contributed by atoms with Crippen LogP contribution in [-0.2, 0) is 0 Å². The lowest BCUT2D eigenvalue weighted by Crippen LogP contribution is -1.87. The predicted octanol–water partition coefficient (Wildman–Crippen LogP) is 4.59. The fourth-order valence-electron chi connectivity index (χ4n) is 2.88. The van der Waals surface area contributed by atoms with Gasteiger partial charge in [-0.05, 0) is 29.7 Å². The lowest BCUT2D eigenvalue weighted by atomic mass is 10.1. The molecule has 108 valence electrons. The van der Waals surface area contributed by atoms with Crippen LogP contribution in [0.1, 0.15) is 0 Å². The van der Waals surface area contributed by atoms with Crippen LogP contribution >= 0.6 is 0 Å². The number of pyridine rings is 3. The second-order valence-corrected chi connectivity index (χ2v) is 5.44. The minimum Gasteiger partial charge on any atom is -0.436 e. The van der Waals surface area contributed by atoms with Crippen molar-refractivity contribution in [3.63, 3.8) is 0 Å². The van der Waals surface area contributed by atoms with E-state index in [4.69, 9.17) is 4.42 Å². The molecule has 0 saturated carbocycles. The Kier molecular flexibility index (Phi) is 2.46. The van der Waals surface area contributed by atoms with E-state index in [0.29, 0.717) is 5.71 Å². The largest absolute Gasteiger partial charge is 0.436 e. The van der Waals surface area contributed by atoms with E-state index in [1.165, 1.54) is 0 Å². The van der Waals surface area contributed by atoms with Crippen molar-refractivity contribution >= 4 is 32.8 Å². The maximum Gasteiger partial charge on any atom is 0.228 e. The summed E-state index contributed by atoms with van der Waals surface area (Å²) in [5, 5.41) is 4.29. The molecule has 0 radical (unpaired) electrons. The third-order valence-electron chi connectivity index (χ3n) is 4.03. The van der Waals surface area contributed by atoms with Gasteiger partial charge in [0, 0.05) is 28.6 Å². The van der Waals surface area contributed by atoms with Crippen LogP contribution in [0, 0.1) is 0 Å². The highest BCUT2D eigenvalue weighted by molar-refractivity contribution is 6.03. The molecular formula is C19H11N3O. The molecule has 0 spiro atoms. The standard InChI is InChI=1S/C19H11N3O/c1-2-4-13-10-21-17(9-12(13)3-1)16-6-5-15-14-7-8-20-11-18(14)23-19(15)22-16/h1-11H. The fourth-order valence-corrected chi connectivity index (χ4v) is 2.88. The van der Waals surface area contributed by atoms with Crippen molar-refractivity contribution in [1.29, 1.82) is 0 Å². The minimum atomic E-state index is 0.612. The van der Waals surface area contributed by atoms with E-state index >= 15 is 0 Å². The average molecular weight is 297 g/mol. The van der Waals surface area contributed by atoms with Crippen molar-refractivity contribution in [2.75, 3.05) is 0 Å². The van der Waals surface area contributed by atoms with Crippen molar-refractivity contribution in [2.45, 2.75) is 0 Å². The Hall–Kier alpha value is -3.27. The van der Waals surface area contributed by atoms with Crippen LogP contribution in [0.3, 0.4) is 0 Å². The Morgan fingerprint density at radius 1 is 0.783 bits per heavy atom. The minimum absolute atomic E-state index is 0.612. The molecule has 4 aromatic heterocycles. The van der Waals surface area contributed by atoms with E-state index < -0.39 is 0 Å². The van der Waals surface area contributed by atoms with E-state index in [0.717, 1.165) is 38.5 Å². The lowest BCUT2D eigenvalue weighted by Gasteiger charge is -2.02. The molecule has 0 aliphatic carbocycles. The van der Waals surface area contributed by atoms with Crippen LogP contribution in [-0.4, -0.2) is 15.0 Å². The van der Waals surface area contributed by atoms with Gasteiger partial charge in [0.2, 0.25) is 5.71 Å². The maximum atomic E-state index is 5.80. The number of furan rings is 1. The molecule has 0 N–H and O–H groups in total. The number of benzene rings is 1. The summed E-state index contributed by atoms with van der Waals surface area (Å²) in [7, 11) is 0. The van der Waals surface area contributed by atoms with Crippen LogP contribution < -0.4 is 0 Å². The van der Waals surface area contributed by atoms with E-state index in [1.807, 2.05) is 42.6 Å². The molecule has 0 fully saturated rings. The topological polar surface area (TPSA) is 51.8 Å². The van der Waals surface area contributed by atoms with Crippen molar-refractivity contribution in [3.05, 3.63) is 67.1 Å². The first-order valence-electron chi connectivity index (χ1n) is 7.37. The third-order valence-corrected chi connectivity index (χ3v) is 4.03. The van der Waals surface area contributed by atoms with Crippen molar-refractivity contribution in [1.82, 2.24) is 15.0 Å². The Balaban J connectivity index is 1.73. The third kappa shape index (κ3) is 1.89. The second-order valence-electron chi connectivity index (χ2n) is 5.44. The summed E-state index contributed by atoms with van der Waals surface area (Å²) >= 11 is 0. The van der Waals surface area contributed by atoms with Crippen LogP contribution in [0.5, 0.6) is 0 Å². The summed E-state index contributed by atoms with van der Waals surface area (Å²) in [5.41, 5.74) is 3.00. The van der Waals surface area contributed by atoms with Gasteiger partial charge in [-0.1, -0.05) is 24.3 Å². The van der Waals surface area contributed by atoms with E-state index in [-0.39, 0.29) is 0 Å². The summed E-state index contributed by atoms with van der Waals surface area (Å²) in [6.45, 7) is 0. The van der Waals surface area contributed by atoms with Gasteiger partial charge >= 0.3 is 0 Å². The monoisotopic (exact) mass is 297 g/mol. The fraction of sp³-hybridized carbons (Fsp3) is 0. The molecule has 4 heterocycles. The molecule has 5 aromatic rings. The molecule has 0 aliphatic heterocycles. The SMILES string of the molecule is c1ccc2cc(-c3ccc4c(n3)oc3cnccc34)ncc2c1. The van der Waals surface area contributed by atoms with Gasteiger partial charge in [0.25, 0.3) is 0 Å². The number of hydrogen-bond donors (Lipinski definition) is 0. The molecule has 0 unspecified atom stereocenters. The van der Waals surface area contributed by atoms with E-state index in [9.17, 15) is 0 Å². The van der Waals surface area contributed by atoms with Gasteiger partial charge < -0.3 is 4.42 Å². The Bertz CT molecular complexity index is 1180. The molecule has 5 rings (SSSR count). The molecule has 23 heavy (non-hydrogen) atoms. The number of rotatable bonds is 1. The highest BCUT2D eigenvalue weighted by Crippen LogP contribution is 2.29. The van der Waals surface area contributed by atoms with E-state index in [2.05, 4.69) is 27.1 Å². The van der Waals surface area contributed by atoms with Gasteiger partial charge in [0.05, 0.1) is 17.6 Å². The number of aromatic nitrogens is 3. The van der Waals surface area contributed by atoms with Crippen molar-refractivity contribution < 1.29 is 4.42 Å². The van der Waals surface area contributed by atoms with Crippen molar-refractivity contribution in [3.8, 4) is 11.4 Å². The first kappa shape index (κ1) is 12.3. The van der Waals surface area contributed by atoms with Crippen molar-refractivity contribution in [2.24, 2.45) is 0 Å². The Morgan fingerprint density at radius 3 is 2.65 bits per heavy atom. The number of nitrogens with zero attached hydrogens (tertiary/aromatic N) is 3. The molecule has 0 amide bonds. The molecule has 4 heteroatoms. The molecule has 0 atom stereocenters. The van der Waals surface area contributed by atoms with Gasteiger partial charge in [-0.2, -0.15) is 0 Å². The predicted molar refractivity (Wildman–Crippen MR) is 90.0 cm³/mol. The zero-order valence-corrected chi connectivity index (χ0v) is 12.1. The van der Waals surface area contributed by atoms with E-state index in [1.54, 1.807) is 12.4 Å². The Morgan fingerprint density at radius 2 is 1.70 bits per heavy atom. The van der Waals surface area contributed by atoms with Gasteiger partial charge in [-0.15, -0.1) is 0 Å².